The smallest absolute Gasteiger partial charge is 0.0722 e. The van der Waals surface area contributed by atoms with Crippen molar-refractivity contribution in [3.8, 4) is 11.1 Å². The SMILES string of the molecule is CCOCc1cc(CBr)ccc1-c1ccccc1C. The van der Waals surface area contributed by atoms with Gasteiger partial charge in [0.25, 0.3) is 0 Å². The van der Waals surface area contributed by atoms with Crippen LogP contribution in [0.5, 0.6) is 0 Å². The molecule has 0 bridgehead atoms. The first-order valence-corrected chi connectivity index (χ1v) is 7.70. The van der Waals surface area contributed by atoms with Crippen molar-refractivity contribution in [1.29, 1.82) is 0 Å². The summed E-state index contributed by atoms with van der Waals surface area (Å²) in [5, 5.41) is 0.875. The van der Waals surface area contributed by atoms with Crippen molar-refractivity contribution in [2.45, 2.75) is 25.8 Å². The number of benzene rings is 2. The van der Waals surface area contributed by atoms with Crippen LogP contribution in [0.3, 0.4) is 0 Å². The number of ether oxygens (including phenoxy) is 1. The molecule has 19 heavy (non-hydrogen) atoms. The zero-order chi connectivity index (χ0) is 13.7. The summed E-state index contributed by atoms with van der Waals surface area (Å²) in [6.45, 7) is 5.59. The van der Waals surface area contributed by atoms with Gasteiger partial charge in [-0.15, -0.1) is 0 Å². The number of rotatable bonds is 5. The molecular weight excluding hydrogens is 300 g/mol. The van der Waals surface area contributed by atoms with Crippen LogP contribution in [0.15, 0.2) is 42.5 Å². The van der Waals surface area contributed by atoms with Crippen LogP contribution in [0.4, 0.5) is 0 Å². The Labute approximate surface area is 123 Å². The van der Waals surface area contributed by atoms with Crippen LogP contribution in [0, 0.1) is 6.92 Å². The molecule has 0 saturated heterocycles. The van der Waals surface area contributed by atoms with Gasteiger partial charge in [-0.3, -0.25) is 0 Å². The molecular formula is C17H19BrO. The van der Waals surface area contributed by atoms with Crippen molar-refractivity contribution < 1.29 is 4.74 Å². The van der Waals surface area contributed by atoms with Gasteiger partial charge in [0, 0.05) is 11.9 Å². The summed E-state index contributed by atoms with van der Waals surface area (Å²) < 4.78 is 5.61. The van der Waals surface area contributed by atoms with E-state index >= 15 is 0 Å². The van der Waals surface area contributed by atoms with Crippen LogP contribution in [0.2, 0.25) is 0 Å². The zero-order valence-corrected chi connectivity index (χ0v) is 13.0. The Hall–Kier alpha value is -1.12. The standard InChI is InChI=1S/C17H19BrO/c1-3-19-12-15-10-14(11-18)8-9-17(15)16-7-5-4-6-13(16)2/h4-10H,3,11-12H2,1-2H3. The van der Waals surface area contributed by atoms with E-state index in [0.29, 0.717) is 6.61 Å². The second-order valence-corrected chi connectivity index (χ2v) is 5.14. The number of alkyl halides is 1. The van der Waals surface area contributed by atoms with Crippen molar-refractivity contribution >= 4 is 15.9 Å². The lowest BCUT2D eigenvalue weighted by Crippen LogP contribution is -1.97. The molecule has 0 fully saturated rings. The highest BCUT2D eigenvalue weighted by molar-refractivity contribution is 9.08. The molecule has 1 nitrogen and oxygen atoms in total. The van der Waals surface area contributed by atoms with E-state index in [2.05, 4.69) is 65.3 Å². The molecule has 2 heteroatoms. The molecule has 0 heterocycles. The molecule has 0 spiro atoms. The van der Waals surface area contributed by atoms with E-state index < -0.39 is 0 Å². The predicted molar refractivity (Wildman–Crippen MR) is 84.6 cm³/mol. The minimum absolute atomic E-state index is 0.668. The molecule has 0 radical (unpaired) electrons. The zero-order valence-electron chi connectivity index (χ0n) is 11.4. The molecule has 0 aliphatic carbocycles. The average molecular weight is 319 g/mol. The fraction of sp³-hybridized carbons (Fsp3) is 0.294. The number of aryl methyl sites for hydroxylation is 1. The third kappa shape index (κ3) is 3.46. The van der Waals surface area contributed by atoms with Crippen LogP contribution in [0.25, 0.3) is 11.1 Å². The van der Waals surface area contributed by atoms with Gasteiger partial charge < -0.3 is 4.74 Å². The molecule has 2 aromatic rings. The largest absolute Gasteiger partial charge is 0.377 e. The minimum atomic E-state index is 0.668. The molecule has 0 aliphatic heterocycles. The fourth-order valence-electron chi connectivity index (χ4n) is 2.20. The van der Waals surface area contributed by atoms with Crippen molar-refractivity contribution in [2.75, 3.05) is 6.61 Å². The number of hydrogen-bond acceptors (Lipinski definition) is 1. The molecule has 0 N–H and O–H groups in total. The van der Waals surface area contributed by atoms with Crippen molar-refractivity contribution in [1.82, 2.24) is 0 Å². The van der Waals surface area contributed by atoms with Gasteiger partial charge in [-0.2, -0.15) is 0 Å². The van der Waals surface area contributed by atoms with E-state index in [-0.39, 0.29) is 0 Å². The van der Waals surface area contributed by atoms with Gasteiger partial charge in [0.05, 0.1) is 6.61 Å². The Morgan fingerprint density at radius 2 is 1.84 bits per heavy atom. The average Bonchev–Trinajstić information content (AvgIpc) is 2.45. The maximum absolute atomic E-state index is 5.61. The Bertz CT molecular complexity index is 549. The van der Waals surface area contributed by atoms with E-state index in [1.54, 1.807) is 0 Å². The Kier molecular flexibility index (Phi) is 5.17. The number of halogens is 1. The van der Waals surface area contributed by atoms with Crippen molar-refractivity contribution in [2.24, 2.45) is 0 Å². The topological polar surface area (TPSA) is 9.23 Å². The molecule has 0 atom stereocenters. The first-order chi connectivity index (χ1) is 9.26. The van der Waals surface area contributed by atoms with Gasteiger partial charge in [-0.05, 0) is 41.7 Å². The van der Waals surface area contributed by atoms with Gasteiger partial charge in [-0.1, -0.05) is 58.4 Å². The quantitative estimate of drug-likeness (QED) is 0.697. The van der Waals surface area contributed by atoms with E-state index in [1.807, 2.05) is 6.92 Å². The normalized spacial score (nSPS) is 10.7. The molecule has 0 amide bonds. The second kappa shape index (κ2) is 6.88. The molecule has 0 saturated carbocycles. The van der Waals surface area contributed by atoms with Crippen LogP contribution < -0.4 is 0 Å². The lowest BCUT2D eigenvalue weighted by molar-refractivity contribution is 0.134. The Morgan fingerprint density at radius 3 is 2.53 bits per heavy atom. The first kappa shape index (κ1) is 14.3. The fourth-order valence-corrected chi connectivity index (χ4v) is 2.55. The summed E-state index contributed by atoms with van der Waals surface area (Å²) in [4.78, 5) is 0. The first-order valence-electron chi connectivity index (χ1n) is 6.57. The van der Waals surface area contributed by atoms with Gasteiger partial charge >= 0.3 is 0 Å². The van der Waals surface area contributed by atoms with Gasteiger partial charge in [0.15, 0.2) is 0 Å². The summed E-state index contributed by atoms with van der Waals surface area (Å²) in [6, 6.07) is 15.1. The molecule has 2 aromatic carbocycles. The molecule has 2 rings (SSSR count). The van der Waals surface area contributed by atoms with Gasteiger partial charge in [0.1, 0.15) is 0 Å². The maximum Gasteiger partial charge on any atom is 0.0722 e. The highest BCUT2D eigenvalue weighted by atomic mass is 79.9. The summed E-state index contributed by atoms with van der Waals surface area (Å²) in [5.74, 6) is 0. The Morgan fingerprint density at radius 1 is 1.05 bits per heavy atom. The molecule has 0 aliphatic rings. The predicted octanol–water partition coefficient (Wildman–Crippen LogP) is 5.09. The summed E-state index contributed by atoms with van der Waals surface area (Å²) in [6.07, 6.45) is 0. The minimum Gasteiger partial charge on any atom is -0.377 e. The third-order valence-corrected chi connectivity index (χ3v) is 3.87. The highest BCUT2D eigenvalue weighted by Gasteiger charge is 2.08. The van der Waals surface area contributed by atoms with E-state index in [9.17, 15) is 0 Å². The highest BCUT2D eigenvalue weighted by Crippen LogP contribution is 2.28. The molecule has 0 unspecified atom stereocenters. The van der Waals surface area contributed by atoms with E-state index in [1.165, 1.54) is 27.8 Å². The van der Waals surface area contributed by atoms with Gasteiger partial charge in [0.2, 0.25) is 0 Å². The summed E-state index contributed by atoms with van der Waals surface area (Å²) in [5.41, 5.74) is 6.40. The summed E-state index contributed by atoms with van der Waals surface area (Å²) in [7, 11) is 0. The third-order valence-electron chi connectivity index (χ3n) is 3.22. The van der Waals surface area contributed by atoms with Gasteiger partial charge in [-0.25, -0.2) is 0 Å². The monoisotopic (exact) mass is 318 g/mol. The molecule has 100 valence electrons. The van der Waals surface area contributed by atoms with Crippen LogP contribution in [-0.2, 0) is 16.7 Å². The lowest BCUT2D eigenvalue weighted by Gasteiger charge is -2.13. The van der Waals surface area contributed by atoms with E-state index in [4.69, 9.17) is 4.74 Å². The lowest BCUT2D eigenvalue weighted by atomic mass is 9.95. The van der Waals surface area contributed by atoms with Crippen LogP contribution in [-0.4, -0.2) is 6.61 Å². The van der Waals surface area contributed by atoms with Crippen molar-refractivity contribution in [3.63, 3.8) is 0 Å². The van der Waals surface area contributed by atoms with Crippen LogP contribution >= 0.6 is 15.9 Å². The summed E-state index contributed by atoms with van der Waals surface area (Å²) >= 11 is 3.51. The Balaban J connectivity index is 2.46. The molecule has 0 aromatic heterocycles. The van der Waals surface area contributed by atoms with E-state index in [0.717, 1.165) is 11.9 Å². The number of hydrogen-bond donors (Lipinski definition) is 0. The van der Waals surface area contributed by atoms with Crippen molar-refractivity contribution in [3.05, 3.63) is 59.2 Å². The maximum atomic E-state index is 5.61. The second-order valence-electron chi connectivity index (χ2n) is 4.58. The van der Waals surface area contributed by atoms with Crippen LogP contribution in [0.1, 0.15) is 23.6 Å².